The van der Waals surface area contributed by atoms with Crippen molar-refractivity contribution in [3.63, 3.8) is 0 Å². The van der Waals surface area contributed by atoms with Crippen LogP contribution in [-0.2, 0) is 9.59 Å². The van der Waals surface area contributed by atoms with Crippen molar-refractivity contribution < 1.29 is 19.1 Å². The van der Waals surface area contributed by atoms with Gasteiger partial charge in [-0.15, -0.1) is 0 Å². The van der Waals surface area contributed by atoms with Gasteiger partial charge >= 0.3 is 0 Å². The molecule has 0 aliphatic carbocycles. The van der Waals surface area contributed by atoms with E-state index in [9.17, 15) is 14.4 Å². The molecule has 3 amide bonds. The number of benzene rings is 1. The summed E-state index contributed by atoms with van der Waals surface area (Å²) in [4.78, 5) is 51.1. The molecule has 198 valence electrons. The van der Waals surface area contributed by atoms with Crippen LogP contribution in [0.1, 0.15) is 34.9 Å². The summed E-state index contributed by atoms with van der Waals surface area (Å²) in [7, 11) is 3.89. The van der Waals surface area contributed by atoms with Gasteiger partial charge in [-0.3, -0.25) is 24.7 Å². The van der Waals surface area contributed by atoms with Crippen LogP contribution in [-0.4, -0.2) is 82.4 Å². The zero-order valence-corrected chi connectivity index (χ0v) is 21.7. The van der Waals surface area contributed by atoms with Crippen molar-refractivity contribution in [3.05, 3.63) is 53.9 Å². The molecule has 0 radical (unpaired) electrons. The number of nitrogens with zero attached hydrogens (tertiary/aromatic N) is 5. The van der Waals surface area contributed by atoms with E-state index in [0.29, 0.717) is 53.6 Å². The van der Waals surface area contributed by atoms with Gasteiger partial charge in [-0.1, -0.05) is 6.08 Å². The number of hydrogen-bond donors (Lipinski definition) is 2. The highest BCUT2D eigenvalue weighted by Crippen LogP contribution is 2.40. The van der Waals surface area contributed by atoms with E-state index in [1.165, 1.54) is 0 Å². The molecule has 0 bridgehead atoms. The van der Waals surface area contributed by atoms with Crippen LogP contribution in [0.3, 0.4) is 0 Å². The lowest BCUT2D eigenvalue weighted by atomic mass is 10.0. The molecule has 5 rings (SSSR count). The Morgan fingerprint density at radius 1 is 1.29 bits per heavy atom. The third-order valence-corrected chi connectivity index (χ3v) is 6.63. The molecule has 1 aromatic carbocycles. The fourth-order valence-corrected chi connectivity index (χ4v) is 4.87. The van der Waals surface area contributed by atoms with Crippen LogP contribution in [0.2, 0.25) is 0 Å². The number of likely N-dealkylation sites (tertiary alicyclic amines) is 1. The highest BCUT2D eigenvalue weighted by molar-refractivity contribution is 6.07. The van der Waals surface area contributed by atoms with Crippen molar-refractivity contribution in [1.82, 2.24) is 24.3 Å². The molecule has 0 unspecified atom stereocenters. The highest BCUT2D eigenvalue weighted by atomic mass is 16.5. The monoisotopic (exact) mass is 517 g/mol. The van der Waals surface area contributed by atoms with Crippen molar-refractivity contribution in [2.75, 3.05) is 51.0 Å². The Labute approximate surface area is 220 Å². The van der Waals surface area contributed by atoms with Gasteiger partial charge in [0, 0.05) is 43.2 Å². The first-order valence-corrected chi connectivity index (χ1v) is 12.6. The minimum absolute atomic E-state index is 0.0579. The standard InChI is InChI=1S/C27H31N7O4/c1-17-14-18(10-11-28-17)26(37)31-27-29-20-8-9-21-24(30-22(35)16-38-21)25(20)34(27)19-6-4-13-33(15-19)23(36)7-5-12-32(2)3/h5,7-11,14,19H,4,6,12-13,15-16H2,1-3H3,(H,30,35)(H,29,31,37)/b7-5+/t19-/m1/s1. The number of amides is 3. The largest absolute Gasteiger partial charge is 0.481 e. The number of anilines is 2. The fraction of sp³-hybridized carbons (Fsp3) is 0.370. The molecule has 38 heavy (non-hydrogen) atoms. The van der Waals surface area contributed by atoms with Crippen molar-refractivity contribution in [3.8, 4) is 5.75 Å². The summed E-state index contributed by atoms with van der Waals surface area (Å²) in [5, 5.41) is 5.88. The van der Waals surface area contributed by atoms with E-state index >= 15 is 0 Å². The second-order valence-corrected chi connectivity index (χ2v) is 9.83. The zero-order valence-electron chi connectivity index (χ0n) is 21.7. The summed E-state index contributed by atoms with van der Waals surface area (Å²) in [5.74, 6) is 0.238. The zero-order chi connectivity index (χ0) is 26.8. The normalized spacial score (nSPS) is 17.4. The molecule has 1 atom stereocenters. The van der Waals surface area contributed by atoms with E-state index < -0.39 is 0 Å². The molecule has 2 N–H and O–H groups in total. The summed E-state index contributed by atoms with van der Waals surface area (Å²) in [6, 6.07) is 6.74. The topological polar surface area (TPSA) is 122 Å². The summed E-state index contributed by atoms with van der Waals surface area (Å²) in [6.07, 6.45) is 6.60. The molecular formula is C27H31N7O4. The molecule has 1 saturated heterocycles. The summed E-state index contributed by atoms with van der Waals surface area (Å²) in [5.41, 5.74) is 2.95. The van der Waals surface area contributed by atoms with Gasteiger partial charge in [0.15, 0.2) is 6.61 Å². The van der Waals surface area contributed by atoms with E-state index in [2.05, 4.69) is 15.6 Å². The minimum Gasteiger partial charge on any atom is -0.481 e. The van der Waals surface area contributed by atoms with E-state index in [1.807, 2.05) is 47.5 Å². The lowest BCUT2D eigenvalue weighted by Gasteiger charge is -2.34. The molecule has 4 heterocycles. The van der Waals surface area contributed by atoms with Crippen molar-refractivity contribution in [2.45, 2.75) is 25.8 Å². The lowest BCUT2D eigenvalue weighted by Crippen LogP contribution is -2.40. The van der Waals surface area contributed by atoms with Gasteiger partial charge in [0.1, 0.15) is 11.4 Å². The maximum atomic E-state index is 13.2. The van der Waals surface area contributed by atoms with E-state index in [4.69, 9.17) is 9.72 Å². The molecule has 2 aromatic heterocycles. The van der Waals surface area contributed by atoms with Gasteiger partial charge in [-0.2, -0.15) is 0 Å². The maximum Gasteiger partial charge on any atom is 0.262 e. The Balaban J connectivity index is 1.53. The molecule has 2 aliphatic heterocycles. The average molecular weight is 518 g/mol. The SMILES string of the molecule is Cc1cc(C(=O)Nc2nc3ccc4c(c3n2[C@@H]2CCCN(C(=O)/C=C/CN(C)C)C2)NC(=O)CO4)ccn1. The minimum atomic E-state index is -0.323. The van der Waals surface area contributed by atoms with Crippen molar-refractivity contribution in [2.24, 2.45) is 0 Å². The average Bonchev–Trinajstić information content (AvgIpc) is 3.27. The first kappa shape index (κ1) is 25.4. The number of carbonyl (C=O) groups is 3. The summed E-state index contributed by atoms with van der Waals surface area (Å²) >= 11 is 0. The predicted molar refractivity (Wildman–Crippen MR) is 143 cm³/mol. The van der Waals surface area contributed by atoms with Gasteiger partial charge in [-0.05, 0) is 58.1 Å². The van der Waals surface area contributed by atoms with E-state index in [1.54, 1.807) is 30.5 Å². The maximum absolute atomic E-state index is 13.2. The number of carbonyl (C=O) groups excluding carboxylic acids is 3. The Bertz CT molecular complexity index is 1430. The molecule has 1 fully saturated rings. The number of imidazole rings is 1. The predicted octanol–water partition coefficient (Wildman–Crippen LogP) is 2.60. The van der Waals surface area contributed by atoms with Gasteiger partial charge in [0.2, 0.25) is 11.9 Å². The van der Waals surface area contributed by atoms with Gasteiger partial charge < -0.3 is 24.4 Å². The Morgan fingerprint density at radius 2 is 2.13 bits per heavy atom. The number of hydrogen-bond acceptors (Lipinski definition) is 7. The second kappa shape index (κ2) is 10.6. The number of fused-ring (bicyclic) bond motifs is 3. The number of piperidine rings is 1. The number of pyridine rings is 1. The van der Waals surface area contributed by atoms with Crippen LogP contribution in [0.25, 0.3) is 11.0 Å². The third-order valence-electron chi connectivity index (χ3n) is 6.63. The number of likely N-dealkylation sites (N-methyl/N-ethyl adjacent to an activating group) is 1. The van der Waals surface area contributed by atoms with Gasteiger partial charge in [-0.25, -0.2) is 4.98 Å². The molecule has 0 saturated carbocycles. The molecule has 2 aliphatic rings. The molecule has 0 spiro atoms. The number of rotatable bonds is 6. The number of ether oxygens (including phenoxy) is 1. The third kappa shape index (κ3) is 5.23. The number of nitrogens with one attached hydrogen (secondary N) is 2. The Morgan fingerprint density at radius 3 is 2.92 bits per heavy atom. The summed E-state index contributed by atoms with van der Waals surface area (Å²) < 4.78 is 7.59. The Hall–Kier alpha value is -4.25. The van der Waals surface area contributed by atoms with Crippen LogP contribution in [0, 0.1) is 6.92 Å². The summed E-state index contributed by atoms with van der Waals surface area (Å²) in [6.45, 7) is 3.51. The fourth-order valence-electron chi connectivity index (χ4n) is 4.87. The Kier molecular flexibility index (Phi) is 7.10. The van der Waals surface area contributed by atoms with Crippen LogP contribution < -0.4 is 15.4 Å². The van der Waals surface area contributed by atoms with Crippen molar-refractivity contribution >= 4 is 40.4 Å². The van der Waals surface area contributed by atoms with E-state index in [-0.39, 0.29) is 30.4 Å². The lowest BCUT2D eigenvalue weighted by molar-refractivity contribution is -0.127. The van der Waals surface area contributed by atoms with Crippen LogP contribution in [0.5, 0.6) is 5.75 Å². The first-order valence-electron chi connectivity index (χ1n) is 12.6. The van der Waals surface area contributed by atoms with Crippen LogP contribution >= 0.6 is 0 Å². The molecule has 11 nitrogen and oxygen atoms in total. The van der Waals surface area contributed by atoms with Gasteiger partial charge in [0.05, 0.1) is 17.1 Å². The number of aryl methyl sites for hydroxylation is 1. The van der Waals surface area contributed by atoms with Crippen LogP contribution in [0.15, 0.2) is 42.6 Å². The van der Waals surface area contributed by atoms with Gasteiger partial charge in [0.25, 0.3) is 11.8 Å². The van der Waals surface area contributed by atoms with E-state index in [0.717, 1.165) is 18.5 Å². The number of aromatic nitrogens is 3. The van der Waals surface area contributed by atoms with Crippen LogP contribution in [0.4, 0.5) is 11.6 Å². The van der Waals surface area contributed by atoms with Crippen molar-refractivity contribution in [1.29, 1.82) is 0 Å². The highest BCUT2D eigenvalue weighted by Gasteiger charge is 2.31. The second-order valence-electron chi connectivity index (χ2n) is 9.83. The molecule has 11 heteroatoms. The molecule has 3 aromatic rings. The smallest absolute Gasteiger partial charge is 0.262 e. The molecular weight excluding hydrogens is 486 g/mol. The quantitative estimate of drug-likeness (QED) is 0.482. The first-order chi connectivity index (χ1) is 18.3.